The number of aliphatic hydroxyl groups excluding tert-OH is 1. The molecule has 4 nitrogen and oxygen atoms in total. The molecule has 1 aromatic rings. The number of halogens is 1. The SMILES string of the molecule is Cc1ccc(Cl)c(S(=O)(=O)N2CC(CO)C2)c1. The van der Waals surface area contributed by atoms with Crippen molar-refractivity contribution in [2.45, 2.75) is 11.8 Å². The van der Waals surface area contributed by atoms with Crippen LogP contribution in [0.15, 0.2) is 23.1 Å². The second kappa shape index (κ2) is 4.57. The third-order valence-corrected chi connectivity index (χ3v) is 5.20. The van der Waals surface area contributed by atoms with Crippen molar-refractivity contribution in [2.75, 3.05) is 19.7 Å². The molecule has 0 radical (unpaired) electrons. The number of aliphatic hydroxyl groups is 1. The highest BCUT2D eigenvalue weighted by Gasteiger charge is 2.37. The zero-order valence-electron chi connectivity index (χ0n) is 9.43. The number of hydrogen-bond donors (Lipinski definition) is 1. The molecule has 0 bridgehead atoms. The van der Waals surface area contributed by atoms with Crippen molar-refractivity contribution in [1.29, 1.82) is 0 Å². The fourth-order valence-electron chi connectivity index (χ4n) is 1.78. The largest absolute Gasteiger partial charge is 0.396 e. The third kappa shape index (κ3) is 2.33. The second-order valence-electron chi connectivity index (χ2n) is 4.30. The first kappa shape index (κ1) is 12.8. The lowest BCUT2D eigenvalue weighted by Gasteiger charge is -2.37. The summed E-state index contributed by atoms with van der Waals surface area (Å²) in [6, 6.07) is 4.94. The summed E-state index contributed by atoms with van der Waals surface area (Å²) in [6.45, 7) is 2.57. The Morgan fingerprint density at radius 3 is 2.71 bits per heavy atom. The van der Waals surface area contributed by atoms with Gasteiger partial charge in [0.15, 0.2) is 0 Å². The molecular weight excluding hydrogens is 262 g/mol. The maximum atomic E-state index is 12.2. The monoisotopic (exact) mass is 275 g/mol. The summed E-state index contributed by atoms with van der Waals surface area (Å²) in [5.41, 5.74) is 0.854. The average molecular weight is 276 g/mol. The molecule has 0 saturated carbocycles. The van der Waals surface area contributed by atoms with Crippen LogP contribution in [0, 0.1) is 12.8 Å². The molecule has 0 atom stereocenters. The van der Waals surface area contributed by atoms with E-state index >= 15 is 0 Å². The van der Waals surface area contributed by atoms with E-state index < -0.39 is 10.0 Å². The molecule has 17 heavy (non-hydrogen) atoms. The van der Waals surface area contributed by atoms with Gasteiger partial charge in [0.05, 0.1) is 5.02 Å². The summed E-state index contributed by atoms with van der Waals surface area (Å²) < 4.78 is 25.8. The number of sulfonamides is 1. The normalized spacial score (nSPS) is 18.1. The molecular formula is C11H14ClNO3S. The smallest absolute Gasteiger partial charge is 0.244 e. The van der Waals surface area contributed by atoms with Crippen LogP contribution in [0.25, 0.3) is 0 Å². The summed E-state index contributed by atoms with van der Waals surface area (Å²) >= 11 is 5.92. The van der Waals surface area contributed by atoms with Crippen molar-refractivity contribution in [3.63, 3.8) is 0 Å². The van der Waals surface area contributed by atoms with E-state index in [0.29, 0.717) is 13.1 Å². The second-order valence-corrected chi connectivity index (χ2v) is 6.62. The fraction of sp³-hybridized carbons (Fsp3) is 0.455. The molecule has 2 rings (SSSR count). The van der Waals surface area contributed by atoms with Crippen molar-refractivity contribution in [1.82, 2.24) is 4.31 Å². The molecule has 0 amide bonds. The van der Waals surface area contributed by atoms with Crippen molar-refractivity contribution in [3.8, 4) is 0 Å². The lowest BCUT2D eigenvalue weighted by molar-refractivity contribution is 0.117. The molecule has 1 N–H and O–H groups in total. The molecule has 0 unspecified atom stereocenters. The maximum absolute atomic E-state index is 12.2. The summed E-state index contributed by atoms with van der Waals surface area (Å²) in [6.07, 6.45) is 0. The van der Waals surface area contributed by atoms with Gasteiger partial charge in [0.1, 0.15) is 4.90 Å². The third-order valence-electron chi connectivity index (χ3n) is 2.89. The van der Waals surface area contributed by atoms with Crippen LogP contribution in [0.3, 0.4) is 0 Å². The van der Waals surface area contributed by atoms with E-state index in [1.54, 1.807) is 18.2 Å². The Bertz CT molecular complexity index is 524. The molecule has 0 spiro atoms. The van der Waals surface area contributed by atoms with Crippen molar-refractivity contribution >= 4 is 21.6 Å². The van der Waals surface area contributed by atoms with Gasteiger partial charge in [-0.05, 0) is 24.6 Å². The highest BCUT2D eigenvalue weighted by atomic mass is 35.5. The van der Waals surface area contributed by atoms with Crippen LogP contribution in [-0.4, -0.2) is 37.5 Å². The summed E-state index contributed by atoms with van der Waals surface area (Å²) in [7, 11) is -3.51. The average Bonchev–Trinajstić information content (AvgIpc) is 2.19. The van der Waals surface area contributed by atoms with Gasteiger partial charge in [-0.15, -0.1) is 0 Å². The number of nitrogens with zero attached hydrogens (tertiary/aromatic N) is 1. The van der Waals surface area contributed by atoms with E-state index in [4.69, 9.17) is 16.7 Å². The molecule has 0 aliphatic carbocycles. The van der Waals surface area contributed by atoms with Crippen LogP contribution >= 0.6 is 11.6 Å². The van der Waals surface area contributed by atoms with E-state index in [1.807, 2.05) is 6.92 Å². The molecule has 1 aliphatic heterocycles. The van der Waals surface area contributed by atoms with E-state index in [9.17, 15) is 8.42 Å². The van der Waals surface area contributed by atoms with Crippen molar-refractivity contribution < 1.29 is 13.5 Å². The van der Waals surface area contributed by atoms with Gasteiger partial charge in [0.2, 0.25) is 10.0 Å². The Kier molecular flexibility index (Phi) is 3.45. The molecule has 6 heteroatoms. The fourth-order valence-corrected chi connectivity index (χ4v) is 3.93. The topological polar surface area (TPSA) is 57.6 Å². The predicted molar refractivity (Wildman–Crippen MR) is 65.5 cm³/mol. The molecule has 1 aromatic carbocycles. The number of hydrogen-bond acceptors (Lipinski definition) is 3. The summed E-state index contributed by atoms with van der Waals surface area (Å²) in [4.78, 5) is 0.149. The Balaban J connectivity index is 2.30. The van der Waals surface area contributed by atoms with E-state index in [2.05, 4.69) is 0 Å². The van der Waals surface area contributed by atoms with Crippen LogP contribution in [-0.2, 0) is 10.0 Å². The molecule has 0 aromatic heterocycles. The minimum Gasteiger partial charge on any atom is -0.396 e. The first-order valence-corrected chi connectivity index (χ1v) is 7.14. The van der Waals surface area contributed by atoms with Crippen molar-refractivity contribution in [2.24, 2.45) is 5.92 Å². The molecule has 1 saturated heterocycles. The minimum absolute atomic E-state index is 0.0214. The first-order valence-electron chi connectivity index (χ1n) is 5.32. The number of benzene rings is 1. The Morgan fingerprint density at radius 2 is 2.12 bits per heavy atom. The Morgan fingerprint density at radius 1 is 1.47 bits per heavy atom. The van der Waals surface area contributed by atoms with Crippen LogP contribution < -0.4 is 0 Å². The van der Waals surface area contributed by atoms with E-state index in [-0.39, 0.29) is 22.4 Å². The van der Waals surface area contributed by atoms with Gasteiger partial charge < -0.3 is 5.11 Å². The zero-order chi connectivity index (χ0) is 12.6. The van der Waals surface area contributed by atoms with Crippen LogP contribution in [0.1, 0.15) is 5.56 Å². The Hall–Kier alpha value is -0.620. The molecule has 94 valence electrons. The predicted octanol–water partition coefficient (Wildman–Crippen LogP) is 1.26. The first-order chi connectivity index (χ1) is 7.95. The lowest BCUT2D eigenvalue weighted by atomic mass is 10.1. The van der Waals surface area contributed by atoms with Crippen LogP contribution in [0.4, 0.5) is 0 Å². The maximum Gasteiger partial charge on any atom is 0.244 e. The Labute approximate surface area is 106 Å². The minimum atomic E-state index is -3.51. The quantitative estimate of drug-likeness (QED) is 0.904. The van der Waals surface area contributed by atoms with E-state index in [1.165, 1.54) is 4.31 Å². The lowest BCUT2D eigenvalue weighted by Crippen LogP contribution is -2.51. The van der Waals surface area contributed by atoms with Gasteiger partial charge in [0.25, 0.3) is 0 Å². The summed E-state index contributed by atoms with van der Waals surface area (Å²) in [5.74, 6) is 0.0494. The van der Waals surface area contributed by atoms with Crippen LogP contribution in [0.5, 0.6) is 0 Å². The molecule has 1 heterocycles. The van der Waals surface area contributed by atoms with Gasteiger partial charge >= 0.3 is 0 Å². The highest BCUT2D eigenvalue weighted by molar-refractivity contribution is 7.89. The van der Waals surface area contributed by atoms with Gasteiger partial charge in [-0.25, -0.2) is 8.42 Å². The van der Waals surface area contributed by atoms with Gasteiger partial charge in [-0.3, -0.25) is 0 Å². The van der Waals surface area contributed by atoms with Gasteiger partial charge in [0, 0.05) is 25.6 Å². The number of aryl methyl sites for hydroxylation is 1. The van der Waals surface area contributed by atoms with E-state index in [0.717, 1.165) is 5.56 Å². The van der Waals surface area contributed by atoms with Crippen LogP contribution in [0.2, 0.25) is 5.02 Å². The highest BCUT2D eigenvalue weighted by Crippen LogP contribution is 2.29. The molecule has 1 aliphatic rings. The van der Waals surface area contributed by atoms with Gasteiger partial charge in [-0.2, -0.15) is 4.31 Å². The molecule has 1 fully saturated rings. The number of rotatable bonds is 3. The van der Waals surface area contributed by atoms with Crippen molar-refractivity contribution in [3.05, 3.63) is 28.8 Å². The van der Waals surface area contributed by atoms with Gasteiger partial charge in [-0.1, -0.05) is 17.7 Å². The standard InChI is InChI=1S/C11H14ClNO3S/c1-8-2-3-10(12)11(4-8)17(15,16)13-5-9(6-13)7-14/h2-4,9,14H,5-7H2,1H3. The zero-order valence-corrected chi connectivity index (χ0v) is 11.0. The summed E-state index contributed by atoms with van der Waals surface area (Å²) in [5, 5.41) is 9.13.